The second kappa shape index (κ2) is 12.5. The number of allylic oxidation sites excluding steroid dienone is 1. The van der Waals surface area contributed by atoms with Crippen molar-refractivity contribution in [3.63, 3.8) is 0 Å². The van der Waals surface area contributed by atoms with Crippen molar-refractivity contribution < 1.29 is 37.0 Å². The Balaban J connectivity index is 1.44. The number of aryl methyl sites for hydroxylation is 1. The summed E-state index contributed by atoms with van der Waals surface area (Å²) in [6, 6.07) is 7.11. The molecule has 5 rings (SSSR count). The third-order valence-electron chi connectivity index (χ3n) is 9.40. The first-order valence-electron chi connectivity index (χ1n) is 15.3. The van der Waals surface area contributed by atoms with Gasteiger partial charge in [-0.3, -0.25) is 9.59 Å². The lowest BCUT2D eigenvalue weighted by Gasteiger charge is -2.30. The van der Waals surface area contributed by atoms with E-state index >= 15 is 0 Å². The van der Waals surface area contributed by atoms with E-state index in [4.69, 9.17) is 4.74 Å². The highest BCUT2D eigenvalue weighted by Crippen LogP contribution is 2.54. The molecule has 0 heterocycles. The fourth-order valence-corrected chi connectivity index (χ4v) is 7.23. The molecule has 44 heavy (non-hydrogen) atoms. The van der Waals surface area contributed by atoms with E-state index in [0.29, 0.717) is 42.2 Å². The molecule has 0 radical (unpaired) electrons. The highest BCUT2D eigenvalue weighted by atomic mass is 19.4. The second-order valence-electron chi connectivity index (χ2n) is 13.1. The molecule has 3 saturated carbocycles. The Hall–Kier alpha value is -3.40. The maximum Gasteiger partial charge on any atom is 0.419 e. The third kappa shape index (κ3) is 6.95. The quantitative estimate of drug-likeness (QED) is 0.208. The highest BCUT2D eigenvalue weighted by molar-refractivity contribution is 5.99. The molecule has 2 bridgehead atoms. The number of anilines is 1. The Kier molecular flexibility index (Phi) is 9.12. The van der Waals surface area contributed by atoms with Crippen LogP contribution < -0.4 is 15.4 Å². The maximum absolute atomic E-state index is 13.9. The molecular weight excluding hydrogens is 576 g/mol. The number of benzene rings is 2. The van der Waals surface area contributed by atoms with E-state index in [9.17, 15) is 32.3 Å². The van der Waals surface area contributed by atoms with Crippen LogP contribution in [0, 0.1) is 29.5 Å². The molecule has 4 atom stereocenters. The van der Waals surface area contributed by atoms with Crippen LogP contribution >= 0.6 is 0 Å². The number of hydrogen-bond acceptors (Lipinski definition) is 4. The molecule has 3 aliphatic rings. The van der Waals surface area contributed by atoms with Gasteiger partial charge >= 0.3 is 6.18 Å². The van der Waals surface area contributed by atoms with Gasteiger partial charge in [0, 0.05) is 17.6 Å². The summed E-state index contributed by atoms with van der Waals surface area (Å²) >= 11 is 0. The maximum atomic E-state index is 13.9. The number of aliphatic hydroxyl groups is 1. The Morgan fingerprint density at radius 3 is 2.39 bits per heavy atom. The predicted octanol–water partition coefficient (Wildman–Crippen LogP) is 7.07. The summed E-state index contributed by atoms with van der Waals surface area (Å²) in [5.74, 6) is -2.52. The number of fused-ring (bicyclic) bond motifs is 2. The van der Waals surface area contributed by atoms with Gasteiger partial charge < -0.3 is 20.5 Å². The minimum Gasteiger partial charge on any atom is -0.496 e. The van der Waals surface area contributed by atoms with Gasteiger partial charge in [0.2, 0.25) is 5.91 Å². The highest BCUT2D eigenvalue weighted by Gasteiger charge is 2.55. The van der Waals surface area contributed by atoms with Gasteiger partial charge in [0.15, 0.2) is 0 Å². The number of alkyl halides is 3. The van der Waals surface area contributed by atoms with Crippen LogP contribution in [0.3, 0.4) is 0 Å². The topological polar surface area (TPSA) is 87.7 Å². The summed E-state index contributed by atoms with van der Waals surface area (Å²) in [4.78, 5) is 27.6. The Labute approximate surface area is 255 Å². The zero-order valence-electron chi connectivity index (χ0n) is 25.3. The summed E-state index contributed by atoms with van der Waals surface area (Å²) in [5.41, 5.74) is -0.190. The number of methoxy groups -OCH3 is 1. The smallest absolute Gasteiger partial charge is 0.419 e. The Morgan fingerprint density at radius 1 is 1.02 bits per heavy atom. The Morgan fingerprint density at radius 2 is 1.73 bits per heavy atom. The zero-order chi connectivity index (χ0) is 31.8. The van der Waals surface area contributed by atoms with Crippen molar-refractivity contribution >= 4 is 17.5 Å². The molecule has 2 aromatic carbocycles. The van der Waals surface area contributed by atoms with E-state index in [2.05, 4.69) is 16.7 Å². The Bertz CT molecular complexity index is 1430. The van der Waals surface area contributed by atoms with Crippen LogP contribution in [0.5, 0.6) is 5.75 Å². The van der Waals surface area contributed by atoms with Gasteiger partial charge in [-0.15, -0.1) is 0 Å². The number of amides is 2. The minimum atomic E-state index is -4.91. The van der Waals surface area contributed by atoms with Crippen molar-refractivity contribution in [2.75, 3.05) is 12.4 Å². The average molecular weight is 617 g/mol. The molecule has 0 aliphatic heterocycles. The number of halogens is 4. The number of carbonyl (C=O) groups is 2. The van der Waals surface area contributed by atoms with E-state index in [1.165, 1.54) is 7.11 Å². The molecule has 6 nitrogen and oxygen atoms in total. The lowest BCUT2D eigenvalue weighted by atomic mass is 9.83. The van der Waals surface area contributed by atoms with Crippen molar-refractivity contribution in [3.05, 3.63) is 70.6 Å². The lowest BCUT2D eigenvalue weighted by molar-refractivity contribution is -0.140. The minimum absolute atomic E-state index is 0.0800. The fourth-order valence-electron chi connectivity index (χ4n) is 7.23. The molecule has 3 N–H and O–H groups in total. The van der Waals surface area contributed by atoms with E-state index in [1.807, 2.05) is 6.07 Å². The molecule has 3 aliphatic carbocycles. The van der Waals surface area contributed by atoms with Crippen molar-refractivity contribution in [2.24, 2.45) is 23.7 Å². The molecule has 238 valence electrons. The molecule has 2 unspecified atom stereocenters. The summed E-state index contributed by atoms with van der Waals surface area (Å²) in [6.07, 6.45) is 4.35. The van der Waals surface area contributed by atoms with Crippen LogP contribution in [-0.4, -0.2) is 35.7 Å². The molecule has 2 aromatic rings. The predicted molar refractivity (Wildman–Crippen MR) is 159 cm³/mol. The van der Waals surface area contributed by atoms with Gasteiger partial charge in [0.25, 0.3) is 5.91 Å². The van der Waals surface area contributed by atoms with Gasteiger partial charge in [-0.1, -0.05) is 30.6 Å². The summed E-state index contributed by atoms with van der Waals surface area (Å²) in [5, 5.41) is 15.9. The van der Waals surface area contributed by atoms with Crippen molar-refractivity contribution in [1.82, 2.24) is 5.32 Å². The molecule has 0 spiro atoms. The van der Waals surface area contributed by atoms with Crippen LogP contribution in [0.15, 0.2) is 48.0 Å². The normalized spacial score (nSPS) is 24.6. The molecule has 0 aromatic heterocycles. The van der Waals surface area contributed by atoms with Crippen LogP contribution in [0.1, 0.15) is 80.3 Å². The first-order chi connectivity index (χ1) is 20.7. The monoisotopic (exact) mass is 616 g/mol. The molecule has 0 saturated heterocycles. The summed E-state index contributed by atoms with van der Waals surface area (Å²) in [7, 11) is 1.47. The van der Waals surface area contributed by atoms with E-state index in [-0.39, 0.29) is 17.5 Å². The lowest BCUT2D eigenvalue weighted by Crippen LogP contribution is -2.48. The number of hydrogen-bond donors (Lipinski definition) is 3. The summed E-state index contributed by atoms with van der Waals surface area (Å²) in [6.45, 7) is 3.44. The molecule has 2 amide bonds. The fraction of sp³-hybridized carbons (Fsp3) is 0.529. The first-order valence-corrected chi connectivity index (χ1v) is 15.3. The third-order valence-corrected chi connectivity index (χ3v) is 9.40. The molecule has 10 heteroatoms. The van der Waals surface area contributed by atoms with Crippen molar-refractivity contribution in [1.29, 1.82) is 0 Å². The zero-order valence-corrected chi connectivity index (χ0v) is 25.3. The number of ether oxygens (including phenoxy) is 1. The number of carbonyl (C=O) groups excluding carboxylic acids is 2. The van der Waals surface area contributed by atoms with Crippen LogP contribution in [0.2, 0.25) is 0 Å². The second-order valence-corrected chi connectivity index (χ2v) is 13.1. The van der Waals surface area contributed by atoms with Gasteiger partial charge in [-0.25, -0.2) is 4.39 Å². The largest absolute Gasteiger partial charge is 0.496 e. The van der Waals surface area contributed by atoms with E-state index in [1.54, 1.807) is 26.0 Å². The SMILES string of the molecule is COc1ccc(CCC(C)(C)O)cc1C(=O)NC1C(C(=O)Nc2ccc(F)c(C(F)(F)F)c2)[C@H]2CC[C@@H]1/C2=C\C1CCCC1. The standard InChI is InChI=1S/C34H40F4N2O4/c1-33(2,43)15-14-20-8-13-28(44-3)25(17-20)31(41)40-30-23-11-10-22(24(23)16-19-6-4-5-7-19)29(30)32(42)39-21-9-12-27(35)26(18-21)34(36,37)38/h8-9,12-13,16-19,22-23,29-30,43H,4-7,10-11,14-15H2,1-3H3,(H,39,42)(H,40,41)/b24-16-/t22-,23+,29?,30?/m0/s1. The van der Waals surface area contributed by atoms with Crippen molar-refractivity contribution in [2.45, 2.75) is 83.0 Å². The van der Waals surface area contributed by atoms with Crippen LogP contribution in [0.25, 0.3) is 0 Å². The van der Waals surface area contributed by atoms with Gasteiger partial charge in [-0.2, -0.15) is 13.2 Å². The molecule has 3 fully saturated rings. The van der Waals surface area contributed by atoms with Crippen LogP contribution in [-0.2, 0) is 17.4 Å². The number of rotatable bonds is 9. The van der Waals surface area contributed by atoms with Gasteiger partial charge in [-0.05, 0) is 100 Å². The van der Waals surface area contributed by atoms with Gasteiger partial charge in [0.05, 0.1) is 29.8 Å². The molecular formula is C34H40F4N2O4. The number of nitrogens with one attached hydrogen (secondary N) is 2. The van der Waals surface area contributed by atoms with E-state index < -0.39 is 46.9 Å². The van der Waals surface area contributed by atoms with E-state index in [0.717, 1.165) is 55.7 Å². The average Bonchev–Trinajstić information content (AvgIpc) is 3.68. The first kappa shape index (κ1) is 32.0. The van der Waals surface area contributed by atoms with Gasteiger partial charge in [0.1, 0.15) is 11.6 Å². The summed E-state index contributed by atoms with van der Waals surface area (Å²) < 4.78 is 59.5. The van der Waals surface area contributed by atoms with Crippen molar-refractivity contribution in [3.8, 4) is 5.75 Å². The van der Waals surface area contributed by atoms with Crippen LogP contribution in [0.4, 0.5) is 23.2 Å².